The summed E-state index contributed by atoms with van der Waals surface area (Å²) in [5.74, 6) is 2.17. The first-order valence-electron chi connectivity index (χ1n) is 6.89. The Balaban J connectivity index is 2.34. The standard InChI is InChI=1S/C15H24N2OS/c1-11-9-17(5-6-19-11)14-8-12(10-18)7-13(16-14)15(2,3)4/h7-8,11,18H,5-6,9-10H2,1-4H3. The predicted octanol–water partition coefficient (Wildman–Crippen LogP) is 2.81. The zero-order chi connectivity index (χ0) is 14.0. The molecule has 0 aliphatic carbocycles. The fourth-order valence-corrected chi connectivity index (χ4v) is 3.25. The molecule has 0 amide bonds. The Hall–Kier alpha value is -0.740. The van der Waals surface area contributed by atoms with Crippen LogP contribution in [0.4, 0.5) is 5.82 Å². The average Bonchev–Trinajstić information content (AvgIpc) is 2.37. The van der Waals surface area contributed by atoms with Gasteiger partial charge < -0.3 is 10.0 Å². The van der Waals surface area contributed by atoms with E-state index in [1.165, 1.54) is 0 Å². The number of aliphatic hydroxyl groups excluding tert-OH is 1. The lowest BCUT2D eigenvalue weighted by Crippen LogP contribution is -2.37. The van der Waals surface area contributed by atoms with Crippen molar-refractivity contribution in [2.75, 3.05) is 23.7 Å². The molecule has 1 saturated heterocycles. The smallest absolute Gasteiger partial charge is 0.129 e. The van der Waals surface area contributed by atoms with Gasteiger partial charge in [-0.05, 0) is 17.7 Å². The van der Waals surface area contributed by atoms with E-state index in [2.05, 4.69) is 32.6 Å². The summed E-state index contributed by atoms with van der Waals surface area (Å²) in [5.41, 5.74) is 2.02. The lowest BCUT2D eigenvalue weighted by molar-refractivity contribution is 0.281. The summed E-state index contributed by atoms with van der Waals surface area (Å²) >= 11 is 2.02. The van der Waals surface area contributed by atoms with Crippen LogP contribution in [0.25, 0.3) is 0 Å². The summed E-state index contributed by atoms with van der Waals surface area (Å²) < 4.78 is 0. The second-order valence-electron chi connectivity index (χ2n) is 6.25. The SMILES string of the molecule is CC1CN(c2cc(CO)cc(C(C)(C)C)n2)CCS1. The Kier molecular flexibility index (Phi) is 4.41. The third-order valence-electron chi connectivity index (χ3n) is 3.39. The van der Waals surface area contributed by atoms with Gasteiger partial charge in [-0.1, -0.05) is 27.7 Å². The van der Waals surface area contributed by atoms with Crippen molar-refractivity contribution < 1.29 is 5.11 Å². The molecule has 0 bridgehead atoms. The molecular weight excluding hydrogens is 256 g/mol. The summed E-state index contributed by atoms with van der Waals surface area (Å²) in [6.45, 7) is 10.9. The van der Waals surface area contributed by atoms with Gasteiger partial charge in [0.15, 0.2) is 0 Å². The average molecular weight is 280 g/mol. The number of pyridine rings is 1. The molecule has 1 atom stereocenters. The molecule has 1 unspecified atom stereocenters. The Morgan fingerprint density at radius 1 is 1.42 bits per heavy atom. The van der Waals surface area contributed by atoms with Crippen molar-refractivity contribution in [2.45, 2.75) is 45.0 Å². The van der Waals surface area contributed by atoms with Crippen LogP contribution in [0.5, 0.6) is 0 Å². The fraction of sp³-hybridized carbons (Fsp3) is 0.667. The second-order valence-corrected chi connectivity index (χ2v) is 7.80. The Labute approximate surface area is 120 Å². The zero-order valence-corrected chi connectivity index (χ0v) is 13.1. The number of hydrogen-bond acceptors (Lipinski definition) is 4. The highest BCUT2D eigenvalue weighted by atomic mass is 32.2. The Morgan fingerprint density at radius 3 is 2.74 bits per heavy atom. The second kappa shape index (κ2) is 5.71. The van der Waals surface area contributed by atoms with E-state index in [9.17, 15) is 5.11 Å². The van der Waals surface area contributed by atoms with Gasteiger partial charge in [-0.3, -0.25) is 0 Å². The number of nitrogens with zero attached hydrogens (tertiary/aromatic N) is 2. The molecular formula is C15H24N2OS. The highest BCUT2D eigenvalue weighted by Gasteiger charge is 2.22. The topological polar surface area (TPSA) is 36.4 Å². The molecule has 4 heteroatoms. The van der Waals surface area contributed by atoms with Gasteiger partial charge >= 0.3 is 0 Å². The number of aliphatic hydroxyl groups is 1. The van der Waals surface area contributed by atoms with Crippen LogP contribution in [0, 0.1) is 0 Å². The van der Waals surface area contributed by atoms with E-state index in [1.54, 1.807) is 0 Å². The summed E-state index contributed by atoms with van der Waals surface area (Å²) in [6, 6.07) is 4.05. The maximum Gasteiger partial charge on any atom is 0.129 e. The predicted molar refractivity (Wildman–Crippen MR) is 83.0 cm³/mol. The van der Waals surface area contributed by atoms with Crippen molar-refractivity contribution in [3.8, 4) is 0 Å². The first kappa shape index (κ1) is 14.7. The first-order valence-corrected chi connectivity index (χ1v) is 7.94. The van der Waals surface area contributed by atoms with Crippen LogP contribution in [0.2, 0.25) is 0 Å². The third kappa shape index (κ3) is 3.63. The molecule has 3 nitrogen and oxygen atoms in total. The molecule has 1 aromatic rings. The molecule has 1 aliphatic heterocycles. The summed E-state index contributed by atoms with van der Waals surface area (Å²) in [5, 5.41) is 10.1. The van der Waals surface area contributed by atoms with Crippen LogP contribution in [-0.2, 0) is 12.0 Å². The molecule has 19 heavy (non-hydrogen) atoms. The van der Waals surface area contributed by atoms with Crippen LogP contribution >= 0.6 is 11.8 Å². The van der Waals surface area contributed by atoms with E-state index >= 15 is 0 Å². The molecule has 2 heterocycles. The number of thioether (sulfide) groups is 1. The normalized spacial score (nSPS) is 20.7. The van der Waals surface area contributed by atoms with Gasteiger partial charge in [0.2, 0.25) is 0 Å². The largest absolute Gasteiger partial charge is 0.392 e. The van der Waals surface area contributed by atoms with Gasteiger partial charge in [0, 0.05) is 35.2 Å². The number of rotatable bonds is 2. The lowest BCUT2D eigenvalue weighted by atomic mass is 9.91. The van der Waals surface area contributed by atoms with E-state index in [0.717, 1.165) is 35.9 Å². The van der Waals surface area contributed by atoms with Crippen LogP contribution in [-0.4, -0.2) is 34.2 Å². The van der Waals surface area contributed by atoms with E-state index in [4.69, 9.17) is 4.98 Å². The van der Waals surface area contributed by atoms with Crippen molar-refractivity contribution >= 4 is 17.6 Å². The first-order chi connectivity index (χ1) is 8.90. The van der Waals surface area contributed by atoms with Crippen LogP contribution < -0.4 is 4.90 Å². The fourth-order valence-electron chi connectivity index (χ4n) is 2.24. The van der Waals surface area contributed by atoms with Gasteiger partial charge in [-0.15, -0.1) is 0 Å². The van der Waals surface area contributed by atoms with Gasteiger partial charge in [-0.25, -0.2) is 4.98 Å². The van der Waals surface area contributed by atoms with Crippen LogP contribution in [0.3, 0.4) is 0 Å². The Bertz CT molecular complexity index is 442. The maximum absolute atomic E-state index is 9.45. The van der Waals surface area contributed by atoms with Crippen molar-refractivity contribution in [1.82, 2.24) is 4.98 Å². The molecule has 1 aromatic heterocycles. The third-order valence-corrected chi connectivity index (χ3v) is 4.52. The quantitative estimate of drug-likeness (QED) is 0.904. The van der Waals surface area contributed by atoms with E-state index in [0.29, 0.717) is 5.25 Å². The molecule has 0 radical (unpaired) electrons. The molecule has 1 fully saturated rings. The summed E-state index contributed by atoms with van der Waals surface area (Å²) in [6.07, 6.45) is 0. The van der Waals surface area contributed by atoms with Crippen molar-refractivity contribution in [3.63, 3.8) is 0 Å². The minimum atomic E-state index is 0.0100. The molecule has 1 N–H and O–H groups in total. The highest BCUT2D eigenvalue weighted by molar-refractivity contribution is 8.00. The molecule has 106 valence electrons. The van der Waals surface area contributed by atoms with E-state index in [-0.39, 0.29) is 12.0 Å². The van der Waals surface area contributed by atoms with Gasteiger partial charge in [0.05, 0.1) is 6.61 Å². The molecule has 1 aliphatic rings. The van der Waals surface area contributed by atoms with Crippen molar-refractivity contribution in [1.29, 1.82) is 0 Å². The molecule has 2 rings (SSSR count). The number of hydrogen-bond donors (Lipinski definition) is 1. The van der Waals surface area contributed by atoms with Gasteiger partial charge in [-0.2, -0.15) is 11.8 Å². The minimum Gasteiger partial charge on any atom is -0.392 e. The van der Waals surface area contributed by atoms with E-state index < -0.39 is 0 Å². The lowest BCUT2D eigenvalue weighted by Gasteiger charge is -2.32. The molecule has 0 saturated carbocycles. The maximum atomic E-state index is 9.45. The molecule has 0 spiro atoms. The van der Waals surface area contributed by atoms with Crippen LogP contribution in [0.1, 0.15) is 39.0 Å². The monoisotopic (exact) mass is 280 g/mol. The highest BCUT2D eigenvalue weighted by Crippen LogP contribution is 2.27. The number of aromatic nitrogens is 1. The van der Waals surface area contributed by atoms with Gasteiger partial charge in [0.25, 0.3) is 0 Å². The van der Waals surface area contributed by atoms with Crippen LogP contribution in [0.15, 0.2) is 12.1 Å². The van der Waals surface area contributed by atoms with Crippen molar-refractivity contribution in [3.05, 3.63) is 23.4 Å². The summed E-state index contributed by atoms with van der Waals surface area (Å²) in [4.78, 5) is 7.16. The Morgan fingerprint density at radius 2 is 2.16 bits per heavy atom. The van der Waals surface area contributed by atoms with Gasteiger partial charge in [0.1, 0.15) is 5.82 Å². The zero-order valence-electron chi connectivity index (χ0n) is 12.3. The minimum absolute atomic E-state index is 0.0100. The van der Waals surface area contributed by atoms with Crippen molar-refractivity contribution in [2.24, 2.45) is 0 Å². The number of anilines is 1. The summed E-state index contributed by atoms with van der Waals surface area (Å²) in [7, 11) is 0. The van der Waals surface area contributed by atoms with E-state index in [1.807, 2.05) is 23.9 Å². The molecule has 0 aromatic carbocycles.